The minimum atomic E-state index is -0.166. The van der Waals surface area contributed by atoms with Crippen LogP contribution in [0.25, 0.3) is 123 Å². The van der Waals surface area contributed by atoms with Crippen molar-refractivity contribution < 1.29 is 0 Å². The van der Waals surface area contributed by atoms with E-state index < -0.39 is 0 Å². The van der Waals surface area contributed by atoms with Gasteiger partial charge in [-0.15, -0.1) is 0 Å². The van der Waals surface area contributed by atoms with Gasteiger partial charge in [0.15, 0.2) is 0 Å². The third-order valence-corrected chi connectivity index (χ3v) is 17.4. The first-order valence-electron chi connectivity index (χ1n) is 27.1. The summed E-state index contributed by atoms with van der Waals surface area (Å²) in [4.78, 5) is 0. The molecule has 77 heavy (non-hydrogen) atoms. The van der Waals surface area contributed by atoms with Crippen molar-refractivity contribution in [2.75, 3.05) is 0 Å². The number of aryl methyl sites for hydroxylation is 1. The molecule has 2 heterocycles. The Balaban J connectivity index is 0.687. The second kappa shape index (κ2) is 16.9. The molecule has 2 nitrogen and oxygen atoms in total. The molecule has 0 unspecified atom stereocenters. The molecule has 0 atom stereocenters. The Kier molecular flexibility index (Phi) is 9.91. The Morgan fingerprint density at radius 1 is 0.286 bits per heavy atom. The zero-order valence-electron chi connectivity index (χ0n) is 44.1. The van der Waals surface area contributed by atoms with Crippen LogP contribution in [0.4, 0.5) is 0 Å². The Morgan fingerprint density at radius 3 is 1.17 bits per heavy atom. The number of hydrogen-bond donors (Lipinski definition) is 0. The maximum Gasteiger partial charge on any atom is 0.0541 e. The Morgan fingerprint density at radius 2 is 0.649 bits per heavy atom. The van der Waals surface area contributed by atoms with Crippen molar-refractivity contribution in [2.45, 2.75) is 45.4 Å². The lowest BCUT2D eigenvalue weighted by molar-refractivity contribution is 0.660. The van der Waals surface area contributed by atoms with Crippen LogP contribution in [0, 0.1) is 6.92 Å². The minimum Gasteiger partial charge on any atom is -0.309 e. The predicted molar refractivity (Wildman–Crippen MR) is 327 cm³/mol. The molecule has 0 radical (unpaired) electrons. The molecule has 0 fully saturated rings. The lowest BCUT2D eigenvalue weighted by Gasteiger charge is -2.24. The average molecular weight is 985 g/mol. The molecule has 15 rings (SSSR count). The van der Waals surface area contributed by atoms with Crippen LogP contribution >= 0.6 is 0 Å². The Hall–Kier alpha value is -9.24. The van der Waals surface area contributed by atoms with E-state index in [1.807, 2.05) is 0 Å². The molecule has 0 aliphatic heterocycles. The van der Waals surface area contributed by atoms with Gasteiger partial charge < -0.3 is 9.13 Å². The van der Waals surface area contributed by atoms with Gasteiger partial charge in [0, 0.05) is 43.7 Å². The molecule has 366 valence electrons. The highest BCUT2D eigenvalue weighted by Gasteiger charge is 2.38. The van der Waals surface area contributed by atoms with Crippen molar-refractivity contribution in [3.8, 4) is 67.0 Å². The van der Waals surface area contributed by atoms with Crippen molar-refractivity contribution in [1.82, 2.24) is 9.13 Å². The molecule has 0 bridgehead atoms. The van der Waals surface area contributed by atoms with E-state index in [1.165, 1.54) is 150 Å². The molecule has 2 aliphatic rings. The summed E-state index contributed by atoms with van der Waals surface area (Å²) < 4.78 is 4.77. The smallest absolute Gasteiger partial charge is 0.0541 e. The van der Waals surface area contributed by atoms with Crippen LogP contribution < -0.4 is 0 Å². The lowest BCUT2D eigenvalue weighted by atomic mass is 9.79. The second-order valence-corrected chi connectivity index (χ2v) is 22.6. The van der Waals surface area contributed by atoms with Crippen LogP contribution in [0.5, 0.6) is 0 Å². The highest BCUT2D eigenvalue weighted by molar-refractivity contribution is 6.11. The molecule has 0 amide bonds. The number of hydrogen-bond acceptors (Lipinski definition) is 0. The third kappa shape index (κ3) is 7.02. The Bertz CT molecular complexity index is 4590. The number of aromatic nitrogens is 2. The lowest BCUT2D eigenvalue weighted by Crippen LogP contribution is -2.15. The first kappa shape index (κ1) is 45.2. The van der Waals surface area contributed by atoms with Crippen LogP contribution in [0.15, 0.2) is 237 Å². The summed E-state index contributed by atoms with van der Waals surface area (Å²) in [5, 5.41) is 5.08. The summed E-state index contributed by atoms with van der Waals surface area (Å²) in [6.07, 6.45) is 4.47. The quantitative estimate of drug-likeness (QED) is 0.141. The normalized spacial score (nSPS) is 13.9. The number of nitrogens with zero attached hydrogens (tertiary/aromatic N) is 2. The predicted octanol–water partition coefficient (Wildman–Crippen LogP) is 20.0. The second-order valence-electron chi connectivity index (χ2n) is 22.6. The van der Waals surface area contributed by atoms with Crippen molar-refractivity contribution in [1.29, 1.82) is 0 Å². The molecule has 13 aromatic rings. The highest BCUT2D eigenvalue weighted by atomic mass is 15.0. The zero-order chi connectivity index (χ0) is 51.7. The van der Waals surface area contributed by atoms with Crippen molar-refractivity contribution in [3.05, 3.63) is 276 Å². The average Bonchev–Trinajstić information content (AvgIpc) is 4.18. The first-order chi connectivity index (χ1) is 37.6. The van der Waals surface area contributed by atoms with E-state index in [9.17, 15) is 0 Å². The van der Waals surface area contributed by atoms with Gasteiger partial charge in [0.2, 0.25) is 0 Å². The molecule has 0 saturated carbocycles. The summed E-state index contributed by atoms with van der Waals surface area (Å²) in [7, 11) is 0. The molecule has 11 aromatic carbocycles. The van der Waals surface area contributed by atoms with Gasteiger partial charge in [-0.25, -0.2) is 0 Å². The molecular weight excluding hydrogens is 929 g/mol. The number of para-hydroxylation sites is 3. The van der Waals surface area contributed by atoms with Gasteiger partial charge in [0.1, 0.15) is 0 Å². The van der Waals surface area contributed by atoms with E-state index in [4.69, 9.17) is 0 Å². The Labute approximate surface area is 450 Å². The molecule has 0 saturated heterocycles. The van der Waals surface area contributed by atoms with E-state index >= 15 is 0 Å². The van der Waals surface area contributed by atoms with Gasteiger partial charge in [-0.2, -0.15) is 0 Å². The van der Waals surface area contributed by atoms with Gasteiger partial charge in [0.05, 0.1) is 22.1 Å². The number of fused-ring (bicyclic) bond motifs is 12. The van der Waals surface area contributed by atoms with Gasteiger partial charge in [-0.1, -0.05) is 197 Å². The minimum absolute atomic E-state index is 0.158. The van der Waals surface area contributed by atoms with Crippen molar-refractivity contribution in [3.63, 3.8) is 0 Å². The summed E-state index contributed by atoms with van der Waals surface area (Å²) in [5.41, 5.74) is 28.9. The number of rotatable bonds is 7. The monoisotopic (exact) mass is 984 g/mol. The van der Waals surface area contributed by atoms with Crippen LogP contribution in [-0.2, 0) is 10.8 Å². The largest absolute Gasteiger partial charge is 0.309 e. The molecule has 2 aromatic heterocycles. The maximum atomic E-state index is 2.47. The van der Waals surface area contributed by atoms with Crippen LogP contribution in [0.3, 0.4) is 0 Å². The topological polar surface area (TPSA) is 9.86 Å². The number of benzene rings is 11. The SMILES string of the molecule is Cc1ccc(-n2c3ccccc3c3cc(-c4ccc5c(c4)C(C)(C)c4cc(-c6ccc7c(c6)C(C)(C)c6cc(-c8ccc(C=Cc9ccc%10c(c9)c9ccccc9n%10-c9ccccc9)cc8)ccc6-7)ccc4-5)ccc32)cc1. The third-order valence-electron chi connectivity index (χ3n) is 17.4. The standard InChI is InChI=1S/C75H56N2/c1-47-19-33-57(34-20-47)77-71-18-12-10-16-63(71)65-42-51(32-40-73(65)77)53-29-36-59-61-38-31-55(46-69(61)75(4,5)67(59)44-53)54-30-37-60-58-35-28-52(43-66(58)74(2,3)68(60)45-54)50-26-23-48(24-27-50)21-22-49-25-39-72-64(41-49)62-15-9-11-17-70(62)76(72)56-13-7-6-8-14-56/h6-46H,1-5H3. The van der Waals surface area contributed by atoms with E-state index in [0.29, 0.717) is 0 Å². The van der Waals surface area contributed by atoms with Gasteiger partial charge in [-0.3, -0.25) is 0 Å². The molecule has 0 N–H and O–H groups in total. The van der Waals surface area contributed by atoms with Crippen LogP contribution in [0.1, 0.15) is 66.6 Å². The summed E-state index contributed by atoms with van der Waals surface area (Å²) in [6.45, 7) is 11.8. The molecule has 2 aliphatic carbocycles. The maximum absolute atomic E-state index is 2.47. The fraction of sp³-hybridized carbons (Fsp3) is 0.0933. The van der Waals surface area contributed by atoms with E-state index in [-0.39, 0.29) is 10.8 Å². The highest BCUT2D eigenvalue weighted by Crippen LogP contribution is 2.53. The van der Waals surface area contributed by atoms with Gasteiger partial charge >= 0.3 is 0 Å². The first-order valence-corrected chi connectivity index (χ1v) is 27.1. The van der Waals surface area contributed by atoms with E-state index in [0.717, 1.165) is 0 Å². The van der Waals surface area contributed by atoms with E-state index in [1.54, 1.807) is 0 Å². The van der Waals surface area contributed by atoms with Crippen LogP contribution in [0.2, 0.25) is 0 Å². The van der Waals surface area contributed by atoms with Crippen molar-refractivity contribution in [2.24, 2.45) is 0 Å². The molecule has 0 spiro atoms. The molecular formula is C75H56N2. The van der Waals surface area contributed by atoms with E-state index in [2.05, 4.69) is 292 Å². The van der Waals surface area contributed by atoms with Gasteiger partial charge in [-0.05, 0) is 181 Å². The fourth-order valence-electron chi connectivity index (χ4n) is 13.2. The van der Waals surface area contributed by atoms with Crippen LogP contribution in [-0.4, -0.2) is 9.13 Å². The summed E-state index contributed by atoms with van der Waals surface area (Å²) in [6, 6.07) is 88.5. The zero-order valence-corrected chi connectivity index (χ0v) is 44.1. The van der Waals surface area contributed by atoms with Gasteiger partial charge in [0.25, 0.3) is 0 Å². The molecule has 2 heteroatoms. The van der Waals surface area contributed by atoms with Crippen molar-refractivity contribution >= 4 is 55.8 Å². The fourth-order valence-corrected chi connectivity index (χ4v) is 13.2. The summed E-state index contributed by atoms with van der Waals surface area (Å²) >= 11 is 0. The summed E-state index contributed by atoms with van der Waals surface area (Å²) in [5.74, 6) is 0.